The highest BCUT2D eigenvalue weighted by Gasteiger charge is 2.37. The van der Waals surface area contributed by atoms with Gasteiger partial charge in [-0.1, -0.05) is 29.8 Å². The number of imidazole rings is 1. The maximum absolute atomic E-state index is 13.2. The van der Waals surface area contributed by atoms with E-state index in [0.717, 1.165) is 4.57 Å². The number of hydrogen-bond donors (Lipinski definition) is 2. The van der Waals surface area contributed by atoms with Crippen LogP contribution in [0.4, 0.5) is 23.7 Å². The lowest BCUT2D eigenvalue weighted by Gasteiger charge is -2.13. The molecule has 0 unspecified atom stereocenters. The van der Waals surface area contributed by atoms with Gasteiger partial charge in [-0.25, -0.2) is 9.78 Å². The van der Waals surface area contributed by atoms with Crippen molar-refractivity contribution in [2.24, 2.45) is 0 Å². The number of anilines is 1. The molecule has 0 aliphatic heterocycles. The molecule has 2 N–H and O–H groups in total. The van der Waals surface area contributed by atoms with Crippen LogP contribution in [0.1, 0.15) is 11.4 Å². The number of urea groups is 1. The smallest absolute Gasteiger partial charge is 0.336 e. The highest BCUT2D eigenvalue weighted by molar-refractivity contribution is 6.31. The summed E-state index contributed by atoms with van der Waals surface area (Å²) in [6, 6.07) is 10.9. The molecule has 0 bridgehead atoms. The van der Waals surface area contributed by atoms with Crippen molar-refractivity contribution >= 4 is 34.4 Å². The average molecular weight is 397 g/mol. The van der Waals surface area contributed by atoms with E-state index >= 15 is 0 Å². The lowest BCUT2D eigenvalue weighted by molar-refractivity contribution is -0.146. The summed E-state index contributed by atoms with van der Waals surface area (Å²) in [5.41, 5.74) is 1.85. The van der Waals surface area contributed by atoms with Gasteiger partial charge in [-0.3, -0.25) is 0 Å². The quantitative estimate of drug-likeness (QED) is 0.663. The summed E-state index contributed by atoms with van der Waals surface area (Å²) in [6.07, 6.45) is -4.58. The molecule has 0 radical (unpaired) electrons. The highest BCUT2D eigenvalue weighted by Crippen LogP contribution is 2.31. The standard InChI is InChI=1S/C18H16ClF3N4O/c1-11-12(19)5-4-7-13(11)25-17(27)23-9-10-26-15-8-3-2-6-14(15)24-16(26)18(20,21)22/h2-8H,9-10H2,1H3,(H2,23,25,27). The number of hydrogen-bond acceptors (Lipinski definition) is 2. The van der Waals surface area contributed by atoms with Gasteiger partial charge in [-0.05, 0) is 36.8 Å². The molecule has 27 heavy (non-hydrogen) atoms. The Hall–Kier alpha value is -2.74. The van der Waals surface area contributed by atoms with Crippen LogP contribution in [-0.2, 0) is 12.7 Å². The predicted octanol–water partition coefficient (Wildman–Crippen LogP) is 4.84. The van der Waals surface area contributed by atoms with Crippen LogP contribution in [0.3, 0.4) is 0 Å². The number of amides is 2. The van der Waals surface area contributed by atoms with Gasteiger partial charge < -0.3 is 15.2 Å². The highest BCUT2D eigenvalue weighted by atomic mass is 35.5. The van der Waals surface area contributed by atoms with Gasteiger partial charge in [-0.2, -0.15) is 13.2 Å². The summed E-state index contributed by atoms with van der Waals surface area (Å²) in [6.45, 7) is 1.68. The van der Waals surface area contributed by atoms with Gasteiger partial charge in [0.1, 0.15) is 0 Å². The summed E-state index contributed by atoms with van der Waals surface area (Å²) in [7, 11) is 0. The molecule has 0 aliphatic carbocycles. The zero-order chi connectivity index (χ0) is 19.6. The van der Waals surface area contributed by atoms with Gasteiger partial charge in [0.25, 0.3) is 0 Å². The summed E-state index contributed by atoms with van der Waals surface area (Å²) < 4.78 is 40.8. The molecule has 0 aliphatic rings. The summed E-state index contributed by atoms with van der Waals surface area (Å²) in [4.78, 5) is 15.7. The summed E-state index contributed by atoms with van der Waals surface area (Å²) in [5.74, 6) is -0.989. The Kier molecular flexibility index (Phi) is 5.27. The van der Waals surface area contributed by atoms with Crippen molar-refractivity contribution in [1.82, 2.24) is 14.9 Å². The first-order chi connectivity index (χ1) is 12.8. The molecule has 0 atom stereocenters. The van der Waals surface area contributed by atoms with E-state index in [-0.39, 0.29) is 18.6 Å². The number of alkyl halides is 3. The molecule has 0 spiro atoms. The largest absolute Gasteiger partial charge is 0.449 e. The number of aromatic nitrogens is 2. The van der Waals surface area contributed by atoms with Crippen LogP contribution in [0.15, 0.2) is 42.5 Å². The number of carbonyl (C=O) groups excluding carboxylic acids is 1. The third-order valence-corrected chi connectivity index (χ3v) is 4.45. The first kappa shape index (κ1) is 19.0. The van der Waals surface area contributed by atoms with E-state index in [1.165, 1.54) is 6.07 Å². The molecule has 3 rings (SSSR count). The van der Waals surface area contributed by atoms with E-state index in [4.69, 9.17) is 11.6 Å². The van der Waals surface area contributed by atoms with E-state index in [1.54, 1.807) is 43.3 Å². The topological polar surface area (TPSA) is 59.0 Å². The van der Waals surface area contributed by atoms with Crippen molar-refractivity contribution < 1.29 is 18.0 Å². The lowest BCUT2D eigenvalue weighted by Crippen LogP contribution is -2.32. The number of halogens is 4. The molecule has 142 valence electrons. The second-order valence-corrected chi connectivity index (χ2v) is 6.27. The first-order valence-corrected chi connectivity index (χ1v) is 8.47. The van der Waals surface area contributed by atoms with Crippen molar-refractivity contribution in [3.8, 4) is 0 Å². The molecule has 5 nitrogen and oxygen atoms in total. The number of nitrogens with zero attached hydrogens (tertiary/aromatic N) is 2. The summed E-state index contributed by atoms with van der Waals surface area (Å²) in [5, 5.41) is 5.69. The SMILES string of the molecule is Cc1c(Cl)cccc1NC(=O)NCCn1c(C(F)(F)F)nc2ccccc21. The summed E-state index contributed by atoms with van der Waals surface area (Å²) >= 11 is 6.00. The minimum Gasteiger partial charge on any atom is -0.336 e. The van der Waals surface area contributed by atoms with E-state index in [2.05, 4.69) is 15.6 Å². The number of para-hydroxylation sites is 2. The first-order valence-electron chi connectivity index (χ1n) is 8.10. The van der Waals surface area contributed by atoms with E-state index < -0.39 is 18.0 Å². The number of fused-ring (bicyclic) bond motifs is 1. The van der Waals surface area contributed by atoms with Crippen LogP contribution >= 0.6 is 11.6 Å². The van der Waals surface area contributed by atoms with Crippen molar-refractivity contribution in [1.29, 1.82) is 0 Å². The van der Waals surface area contributed by atoms with Gasteiger partial charge in [0.2, 0.25) is 5.82 Å². The average Bonchev–Trinajstić information content (AvgIpc) is 2.98. The maximum atomic E-state index is 13.2. The van der Waals surface area contributed by atoms with Crippen LogP contribution in [0.2, 0.25) is 5.02 Å². The molecular weight excluding hydrogens is 381 g/mol. The van der Waals surface area contributed by atoms with Gasteiger partial charge in [0, 0.05) is 23.8 Å². The predicted molar refractivity (Wildman–Crippen MR) is 97.9 cm³/mol. The molecule has 3 aromatic rings. The van der Waals surface area contributed by atoms with Crippen molar-refractivity contribution in [3.05, 3.63) is 58.9 Å². The second-order valence-electron chi connectivity index (χ2n) is 5.87. The van der Waals surface area contributed by atoms with Gasteiger partial charge in [0.15, 0.2) is 0 Å². The van der Waals surface area contributed by atoms with Gasteiger partial charge in [0.05, 0.1) is 11.0 Å². The van der Waals surface area contributed by atoms with Crippen molar-refractivity contribution in [2.45, 2.75) is 19.6 Å². The molecule has 0 fully saturated rings. The number of nitrogens with one attached hydrogen (secondary N) is 2. The van der Waals surface area contributed by atoms with Gasteiger partial charge in [-0.15, -0.1) is 0 Å². The second kappa shape index (κ2) is 7.48. The van der Waals surface area contributed by atoms with E-state index in [1.807, 2.05) is 0 Å². The van der Waals surface area contributed by atoms with E-state index in [0.29, 0.717) is 21.8 Å². The Balaban J connectivity index is 1.70. The molecule has 0 saturated carbocycles. The normalized spacial score (nSPS) is 11.6. The fourth-order valence-corrected chi connectivity index (χ4v) is 2.88. The molecule has 1 heterocycles. The molecule has 2 aromatic carbocycles. The van der Waals surface area contributed by atoms with Crippen LogP contribution in [0.5, 0.6) is 0 Å². The molecule has 2 amide bonds. The van der Waals surface area contributed by atoms with Crippen LogP contribution < -0.4 is 10.6 Å². The Bertz CT molecular complexity index is 984. The number of rotatable bonds is 4. The molecule has 0 saturated heterocycles. The van der Waals surface area contributed by atoms with E-state index in [9.17, 15) is 18.0 Å². The van der Waals surface area contributed by atoms with Crippen LogP contribution in [-0.4, -0.2) is 22.1 Å². The molecular formula is C18H16ClF3N4O. The Morgan fingerprint density at radius 2 is 1.93 bits per heavy atom. The fraction of sp³-hybridized carbons (Fsp3) is 0.222. The Morgan fingerprint density at radius 3 is 2.67 bits per heavy atom. The third kappa shape index (κ3) is 4.16. The van der Waals surface area contributed by atoms with Crippen LogP contribution in [0, 0.1) is 6.92 Å². The van der Waals surface area contributed by atoms with Crippen LogP contribution in [0.25, 0.3) is 11.0 Å². The minimum absolute atomic E-state index is 0.00508. The Morgan fingerprint density at radius 1 is 1.19 bits per heavy atom. The lowest BCUT2D eigenvalue weighted by atomic mass is 10.2. The zero-order valence-electron chi connectivity index (χ0n) is 14.3. The monoisotopic (exact) mass is 396 g/mol. The Labute approximate surface area is 158 Å². The molecule has 9 heteroatoms. The number of carbonyl (C=O) groups is 1. The number of benzene rings is 2. The maximum Gasteiger partial charge on any atom is 0.449 e. The fourth-order valence-electron chi connectivity index (χ4n) is 2.71. The molecule has 1 aromatic heterocycles. The minimum atomic E-state index is -4.58. The third-order valence-electron chi connectivity index (χ3n) is 4.04. The van der Waals surface area contributed by atoms with Gasteiger partial charge >= 0.3 is 12.2 Å². The van der Waals surface area contributed by atoms with Crippen molar-refractivity contribution in [3.63, 3.8) is 0 Å². The van der Waals surface area contributed by atoms with Crippen molar-refractivity contribution in [2.75, 3.05) is 11.9 Å². The zero-order valence-corrected chi connectivity index (χ0v) is 15.0.